The molecule has 3 heteroatoms. The molecule has 3 nitrogen and oxygen atoms in total. The lowest BCUT2D eigenvalue weighted by Crippen LogP contribution is -2.14. The van der Waals surface area contributed by atoms with E-state index in [1.165, 1.54) is 71.9 Å². The highest BCUT2D eigenvalue weighted by Gasteiger charge is 2.35. The number of aromatic nitrogens is 3. The van der Waals surface area contributed by atoms with Crippen molar-refractivity contribution in [2.24, 2.45) is 0 Å². The van der Waals surface area contributed by atoms with Gasteiger partial charge in [-0.2, -0.15) is 0 Å². The van der Waals surface area contributed by atoms with E-state index in [1.807, 2.05) is 0 Å². The molecular formula is C56H39N3. The summed E-state index contributed by atoms with van der Waals surface area (Å²) in [6.07, 6.45) is 0. The minimum Gasteiger partial charge on any atom is -0.309 e. The third kappa shape index (κ3) is 5.14. The lowest BCUT2D eigenvalue weighted by atomic mass is 9.82. The third-order valence-corrected chi connectivity index (χ3v) is 12.9. The molecule has 278 valence electrons. The second kappa shape index (κ2) is 12.8. The fourth-order valence-corrected chi connectivity index (χ4v) is 10.1. The molecule has 2 heterocycles. The van der Waals surface area contributed by atoms with Gasteiger partial charge in [-0.05, 0) is 92.5 Å². The van der Waals surface area contributed by atoms with E-state index in [-0.39, 0.29) is 11.3 Å². The molecule has 0 saturated carbocycles. The summed E-state index contributed by atoms with van der Waals surface area (Å²) < 4.78 is 2.42. The first-order valence-corrected chi connectivity index (χ1v) is 20.5. The Bertz CT molecular complexity index is 3220. The van der Waals surface area contributed by atoms with Gasteiger partial charge in [-0.1, -0.05) is 166 Å². The van der Waals surface area contributed by atoms with Gasteiger partial charge >= 0.3 is 0 Å². The zero-order chi connectivity index (χ0) is 39.2. The summed E-state index contributed by atoms with van der Waals surface area (Å²) in [5, 5.41) is 2.47. The topological polar surface area (TPSA) is 30.7 Å². The van der Waals surface area contributed by atoms with Crippen molar-refractivity contribution in [1.29, 1.82) is 0 Å². The molecule has 0 saturated heterocycles. The second-order valence-corrected chi connectivity index (χ2v) is 16.5. The molecule has 0 radical (unpaired) electrons. The standard InChI is InChI=1S/C56H39N3/c1-56(2)48-25-13-10-20-42(48)43-29-28-36(33-49(43)56)51-34-50(35-16-4-3-5-17-35)57-55(58-51)38-30-37(54-46-23-8-6-18-40(46)41-19-7-9-24-47(41)54)31-39(32-38)59-52-26-14-11-21-44(52)45-22-12-15-27-53(45)59/h3-34,54H,1-2H3. The molecule has 0 N–H and O–H groups in total. The van der Waals surface area contributed by atoms with Gasteiger partial charge in [-0.25, -0.2) is 9.97 Å². The molecule has 0 amide bonds. The second-order valence-electron chi connectivity index (χ2n) is 16.5. The normalized spacial score (nSPS) is 13.7. The number of para-hydroxylation sites is 2. The molecule has 10 aromatic rings. The van der Waals surface area contributed by atoms with Gasteiger partial charge in [0.15, 0.2) is 5.82 Å². The van der Waals surface area contributed by atoms with Crippen LogP contribution in [0.5, 0.6) is 0 Å². The smallest absolute Gasteiger partial charge is 0.160 e. The van der Waals surface area contributed by atoms with Crippen molar-refractivity contribution < 1.29 is 0 Å². The lowest BCUT2D eigenvalue weighted by Gasteiger charge is -2.22. The largest absolute Gasteiger partial charge is 0.309 e. The van der Waals surface area contributed by atoms with Crippen LogP contribution < -0.4 is 0 Å². The van der Waals surface area contributed by atoms with E-state index in [2.05, 4.69) is 213 Å². The zero-order valence-electron chi connectivity index (χ0n) is 32.9. The van der Waals surface area contributed by atoms with Gasteiger partial charge in [0.2, 0.25) is 0 Å². The number of rotatable bonds is 5. The Labute approximate surface area is 344 Å². The molecule has 2 aromatic heterocycles. The predicted octanol–water partition coefficient (Wildman–Crippen LogP) is 14.0. The van der Waals surface area contributed by atoms with Gasteiger partial charge < -0.3 is 4.57 Å². The number of fused-ring (bicyclic) bond motifs is 9. The van der Waals surface area contributed by atoms with Crippen LogP contribution in [0.1, 0.15) is 47.6 Å². The van der Waals surface area contributed by atoms with E-state index in [0.29, 0.717) is 5.82 Å². The van der Waals surface area contributed by atoms with Crippen molar-refractivity contribution in [3.63, 3.8) is 0 Å². The fraction of sp³-hybridized carbons (Fsp3) is 0.0714. The number of hydrogen-bond acceptors (Lipinski definition) is 2. The first kappa shape index (κ1) is 33.7. The highest BCUT2D eigenvalue weighted by atomic mass is 15.0. The Hall–Kier alpha value is -7.36. The van der Waals surface area contributed by atoms with Gasteiger partial charge in [-0.15, -0.1) is 0 Å². The number of benzene rings is 8. The Morgan fingerprint density at radius 3 is 1.68 bits per heavy atom. The van der Waals surface area contributed by atoms with Crippen molar-refractivity contribution in [3.8, 4) is 61.8 Å². The number of nitrogens with zero attached hydrogens (tertiary/aromatic N) is 3. The van der Waals surface area contributed by atoms with Crippen LogP contribution in [0.3, 0.4) is 0 Å². The molecule has 59 heavy (non-hydrogen) atoms. The maximum atomic E-state index is 5.50. The molecule has 0 atom stereocenters. The lowest BCUT2D eigenvalue weighted by molar-refractivity contribution is 0.660. The molecule has 2 aliphatic rings. The summed E-state index contributed by atoms with van der Waals surface area (Å²) in [6, 6.07) is 70.7. The van der Waals surface area contributed by atoms with Crippen LogP contribution in [0.15, 0.2) is 194 Å². The first-order valence-electron chi connectivity index (χ1n) is 20.5. The van der Waals surface area contributed by atoms with E-state index < -0.39 is 0 Å². The van der Waals surface area contributed by atoms with Crippen LogP contribution in [0.25, 0.3) is 83.6 Å². The SMILES string of the molecule is CC1(C)c2ccccc2-c2ccc(-c3cc(-c4ccccc4)nc(-c4cc(C5c6ccccc6-c6ccccc65)cc(-n5c6ccccc6c6ccccc65)c4)n3)cc21. The van der Waals surface area contributed by atoms with Crippen molar-refractivity contribution in [2.45, 2.75) is 25.2 Å². The Morgan fingerprint density at radius 1 is 0.424 bits per heavy atom. The average molecular weight is 754 g/mol. The summed E-state index contributed by atoms with van der Waals surface area (Å²) in [6.45, 7) is 4.67. The van der Waals surface area contributed by atoms with Gasteiger partial charge in [-0.3, -0.25) is 0 Å². The molecule has 8 aromatic carbocycles. The first-order chi connectivity index (χ1) is 29.0. The van der Waals surface area contributed by atoms with Crippen LogP contribution in [-0.2, 0) is 5.41 Å². The minimum atomic E-state index is -0.126. The molecule has 0 aliphatic heterocycles. The van der Waals surface area contributed by atoms with Crippen molar-refractivity contribution in [3.05, 3.63) is 222 Å². The van der Waals surface area contributed by atoms with Crippen molar-refractivity contribution in [2.75, 3.05) is 0 Å². The third-order valence-electron chi connectivity index (χ3n) is 12.9. The van der Waals surface area contributed by atoms with Gasteiger partial charge in [0.1, 0.15) is 0 Å². The average Bonchev–Trinajstić information content (AvgIpc) is 3.89. The van der Waals surface area contributed by atoms with Crippen LogP contribution >= 0.6 is 0 Å². The summed E-state index contributed by atoms with van der Waals surface area (Å²) in [7, 11) is 0. The quantitative estimate of drug-likeness (QED) is 0.175. The maximum Gasteiger partial charge on any atom is 0.160 e. The monoisotopic (exact) mass is 753 g/mol. The Morgan fingerprint density at radius 2 is 0.983 bits per heavy atom. The summed E-state index contributed by atoms with van der Waals surface area (Å²) in [4.78, 5) is 10.9. The van der Waals surface area contributed by atoms with Gasteiger partial charge in [0.05, 0.1) is 22.4 Å². The van der Waals surface area contributed by atoms with Gasteiger partial charge in [0, 0.05) is 44.5 Å². The minimum absolute atomic E-state index is 0.0477. The van der Waals surface area contributed by atoms with E-state index in [1.54, 1.807) is 0 Å². The predicted molar refractivity (Wildman–Crippen MR) is 243 cm³/mol. The highest BCUT2D eigenvalue weighted by Crippen LogP contribution is 2.51. The van der Waals surface area contributed by atoms with E-state index in [9.17, 15) is 0 Å². The summed E-state index contributed by atoms with van der Waals surface area (Å²) in [5.74, 6) is 0.749. The summed E-state index contributed by atoms with van der Waals surface area (Å²) in [5.41, 5.74) is 20.0. The van der Waals surface area contributed by atoms with Crippen LogP contribution in [-0.4, -0.2) is 14.5 Å². The molecule has 12 rings (SSSR count). The van der Waals surface area contributed by atoms with Crippen LogP contribution in [0.2, 0.25) is 0 Å². The summed E-state index contributed by atoms with van der Waals surface area (Å²) >= 11 is 0. The van der Waals surface area contributed by atoms with Crippen molar-refractivity contribution in [1.82, 2.24) is 14.5 Å². The molecule has 0 unspecified atom stereocenters. The van der Waals surface area contributed by atoms with E-state index >= 15 is 0 Å². The van der Waals surface area contributed by atoms with E-state index in [0.717, 1.165) is 33.8 Å². The number of hydrogen-bond donors (Lipinski definition) is 0. The van der Waals surface area contributed by atoms with Crippen LogP contribution in [0.4, 0.5) is 0 Å². The zero-order valence-corrected chi connectivity index (χ0v) is 32.9. The molecule has 2 aliphatic carbocycles. The van der Waals surface area contributed by atoms with Gasteiger partial charge in [0.25, 0.3) is 0 Å². The Balaban J connectivity index is 1.12. The molecule has 0 fully saturated rings. The molecule has 0 bridgehead atoms. The fourth-order valence-electron chi connectivity index (χ4n) is 10.1. The van der Waals surface area contributed by atoms with E-state index in [4.69, 9.17) is 9.97 Å². The van der Waals surface area contributed by atoms with Crippen molar-refractivity contribution >= 4 is 21.8 Å². The highest BCUT2D eigenvalue weighted by molar-refractivity contribution is 6.09. The molecular weight excluding hydrogens is 715 g/mol. The Kier molecular flexibility index (Phi) is 7.34. The van der Waals surface area contributed by atoms with Crippen LogP contribution in [0, 0.1) is 0 Å². The maximum absolute atomic E-state index is 5.50. The molecule has 0 spiro atoms.